The van der Waals surface area contributed by atoms with Crippen molar-refractivity contribution in [1.82, 2.24) is 0 Å². The number of carbonyl (C=O) groups excluding carboxylic acids is 1. The van der Waals surface area contributed by atoms with Crippen molar-refractivity contribution < 1.29 is 27.4 Å². The van der Waals surface area contributed by atoms with Crippen molar-refractivity contribution in [2.45, 2.75) is 13.1 Å². The minimum atomic E-state index is -4.46. The first-order valence-corrected chi connectivity index (χ1v) is 8.40. The Morgan fingerprint density at radius 2 is 1.85 bits per heavy atom. The van der Waals surface area contributed by atoms with Gasteiger partial charge in [-0.3, -0.25) is 4.79 Å². The number of anilines is 2. The molecule has 5 nitrogen and oxygen atoms in total. The fourth-order valence-electron chi connectivity index (χ4n) is 2.25. The van der Waals surface area contributed by atoms with Gasteiger partial charge in [0.05, 0.1) is 24.4 Å². The van der Waals surface area contributed by atoms with E-state index in [0.717, 1.165) is 12.1 Å². The Morgan fingerprint density at radius 3 is 2.59 bits per heavy atom. The van der Waals surface area contributed by atoms with Crippen LogP contribution in [0, 0.1) is 0 Å². The molecule has 8 heteroatoms. The van der Waals surface area contributed by atoms with E-state index in [-0.39, 0.29) is 12.2 Å². The number of nitrogens with one attached hydrogen (secondary N) is 2. The average molecular weight is 382 g/mol. The molecule has 1 amide bonds. The Balaban J connectivity index is 1.91. The molecule has 0 spiro atoms. The fourth-order valence-corrected chi connectivity index (χ4v) is 2.25. The number of alkyl halides is 3. The molecular formula is C19H21F3N2O3. The maximum Gasteiger partial charge on any atom is 0.416 e. The predicted octanol–water partition coefficient (Wildman–Crippen LogP) is 4.17. The van der Waals surface area contributed by atoms with Gasteiger partial charge in [-0.2, -0.15) is 13.2 Å². The van der Waals surface area contributed by atoms with E-state index in [1.165, 1.54) is 12.1 Å². The van der Waals surface area contributed by atoms with Gasteiger partial charge in [-0.1, -0.05) is 18.2 Å². The zero-order chi connectivity index (χ0) is 19.7. The van der Waals surface area contributed by atoms with Crippen LogP contribution in [0.5, 0.6) is 5.75 Å². The van der Waals surface area contributed by atoms with Gasteiger partial charge < -0.3 is 20.1 Å². The normalized spacial score (nSPS) is 11.1. The van der Waals surface area contributed by atoms with E-state index in [9.17, 15) is 18.0 Å². The van der Waals surface area contributed by atoms with Crippen molar-refractivity contribution in [3.05, 3.63) is 54.1 Å². The number of carbonyl (C=O) groups is 1. The lowest BCUT2D eigenvalue weighted by Gasteiger charge is -2.14. The highest BCUT2D eigenvalue weighted by molar-refractivity contribution is 5.94. The molecule has 2 N–H and O–H groups in total. The molecule has 0 bridgehead atoms. The smallest absolute Gasteiger partial charge is 0.416 e. The zero-order valence-corrected chi connectivity index (χ0v) is 14.8. The van der Waals surface area contributed by atoms with Crippen molar-refractivity contribution in [2.75, 3.05) is 37.0 Å². The van der Waals surface area contributed by atoms with Crippen LogP contribution in [0.15, 0.2) is 48.5 Å². The Labute approximate surface area is 155 Å². The molecule has 0 aliphatic carbocycles. The van der Waals surface area contributed by atoms with E-state index in [0.29, 0.717) is 31.3 Å². The zero-order valence-electron chi connectivity index (χ0n) is 14.8. The maximum atomic E-state index is 12.7. The minimum absolute atomic E-state index is 0.0814. The van der Waals surface area contributed by atoms with Crippen LogP contribution in [-0.2, 0) is 15.7 Å². The van der Waals surface area contributed by atoms with Crippen molar-refractivity contribution in [1.29, 1.82) is 0 Å². The number of benzene rings is 2. The number of para-hydroxylation sites is 2. The average Bonchev–Trinajstić information content (AvgIpc) is 2.64. The molecule has 2 rings (SSSR count). The second-order valence-electron chi connectivity index (χ2n) is 5.52. The molecule has 0 heterocycles. The summed E-state index contributed by atoms with van der Waals surface area (Å²) in [6, 6.07) is 11.6. The summed E-state index contributed by atoms with van der Waals surface area (Å²) in [5, 5.41) is 5.36. The summed E-state index contributed by atoms with van der Waals surface area (Å²) in [4.78, 5) is 12.0. The van der Waals surface area contributed by atoms with Crippen LogP contribution >= 0.6 is 0 Å². The molecule has 0 unspecified atom stereocenters. The number of hydrogen-bond acceptors (Lipinski definition) is 4. The van der Waals surface area contributed by atoms with Gasteiger partial charge in [-0.15, -0.1) is 0 Å². The summed E-state index contributed by atoms with van der Waals surface area (Å²) >= 11 is 0. The van der Waals surface area contributed by atoms with Crippen LogP contribution in [0.1, 0.15) is 12.5 Å². The monoisotopic (exact) mass is 382 g/mol. The Kier molecular flexibility index (Phi) is 7.48. The van der Waals surface area contributed by atoms with Crippen molar-refractivity contribution in [3.8, 4) is 5.75 Å². The Morgan fingerprint density at radius 1 is 1.07 bits per heavy atom. The highest BCUT2D eigenvalue weighted by Crippen LogP contribution is 2.30. The molecule has 0 saturated carbocycles. The second-order valence-corrected chi connectivity index (χ2v) is 5.52. The van der Waals surface area contributed by atoms with Crippen LogP contribution in [-0.4, -0.2) is 32.3 Å². The van der Waals surface area contributed by atoms with E-state index < -0.39 is 17.6 Å². The van der Waals surface area contributed by atoms with Gasteiger partial charge in [0, 0.05) is 12.3 Å². The first kappa shape index (κ1) is 20.6. The summed E-state index contributed by atoms with van der Waals surface area (Å²) in [5.41, 5.74) is -0.132. The SMILES string of the molecule is CCOCCOc1ccccc1NCC(=O)Nc1cccc(C(F)(F)F)c1. The van der Waals surface area contributed by atoms with Crippen molar-refractivity contribution >= 4 is 17.3 Å². The summed E-state index contributed by atoms with van der Waals surface area (Å²) in [5.74, 6) is 0.0857. The van der Waals surface area contributed by atoms with E-state index >= 15 is 0 Å². The lowest BCUT2D eigenvalue weighted by atomic mass is 10.2. The van der Waals surface area contributed by atoms with E-state index in [1.54, 1.807) is 24.3 Å². The lowest BCUT2D eigenvalue weighted by molar-refractivity contribution is -0.137. The topological polar surface area (TPSA) is 59.6 Å². The standard InChI is InChI=1S/C19H21F3N2O3/c1-2-26-10-11-27-17-9-4-3-8-16(17)23-13-18(25)24-15-7-5-6-14(12-15)19(20,21)22/h3-9,12,23H,2,10-11,13H2,1H3,(H,24,25). The van der Waals surface area contributed by atoms with E-state index in [4.69, 9.17) is 9.47 Å². The van der Waals surface area contributed by atoms with Gasteiger partial charge in [-0.05, 0) is 37.3 Å². The van der Waals surface area contributed by atoms with Crippen LogP contribution in [0.4, 0.5) is 24.5 Å². The number of amides is 1. The predicted molar refractivity (Wildman–Crippen MR) is 97.0 cm³/mol. The Hall–Kier alpha value is -2.74. The molecule has 2 aromatic carbocycles. The van der Waals surface area contributed by atoms with Gasteiger partial charge >= 0.3 is 6.18 Å². The molecule has 0 atom stereocenters. The summed E-state index contributed by atoms with van der Waals surface area (Å²) in [7, 11) is 0. The van der Waals surface area contributed by atoms with Gasteiger partial charge in [0.15, 0.2) is 0 Å². The van der Waals surface area contributed by atoms with Gasteiger partial charge in [0.1, 0.15) is 12.4 Å². The molecule has 0 radical (unpaired) electrons. The van der Waals surface area contributed by atoms with E-state index in [1.807, 2.05) is 6.92 Å². The molecule has 0 saturated heterocycles. The van der Waals surface area contributed by atoms with Crippen LogP contribution in [0.3, 0.4) is 0 Å². The van der Waals surface area contributed by atoms with Gasteiger partial charge in [0.2, 0.25) is 5.91 Å². The largest absolute Gasteiger partial charge is 0.489 e. The number of halogens is 3. The number of hydrogen-bond donors (Lipinski definition) is 2. The molecule has 0 aromatic heterocycles. The first-order chi connectivity index (χ1) is 12.9. The molecule has 0 aliphatic heterocycles. The summed E-state index contributed by atoms with van der Waals surface area (Å²) in [6.45, 7) is 3.17. The molecular weight excluding hydrogens is 361 g/mol. The highest BCUT2D eigenvalue weighted by Gasteiger charge is 2.30. The first-order valence-electron chi connectivity index (χ1n) is 8.40. The van der Waals surface area contributed by atoms with Crippen molar-refractivity contribution in [2.24, 2.45) is 0 Å². The highest BCUT2D eigenvalue weighted by atomic mass is 19.4. The third-order valence-corrected chi connectivity index (χ3v) is 3.49. The van der Waals surface area contributed by atoms with Crippen molar-refractivity contribution in [3.63, 3.8) is 0 Å². The van der Waals surface area contributed by atoms with Gasteiger partial charge in [0.25, 0.3) is 0 Å². The lowest BCUT2D eigenvalue weighted by Crippen LogP contribution is -2.22. The molecule has 2 aromatic rings. The van der Waals surface area contributed by atoms with Crippen LogP contribution in [0.2, 0.25) is 0 Å². The molecule has 0 fully saturated rings. The minimum Gasteiger partial charge on any atom is -0.489 e. The molecule has 27 heavy (non-hydrogen) atoms. The fraction of sp³-hybridized carbons (Fsp3) is 0.316. The second kappa shape index (κ2) is 9.82. The van der Waals surface area contributed by atoms with Gasteiger partial charge in [-0.25, -0.2) is 0 Å². The number of ether oxygens (including phenoxy) is 2. The van der Waals surface area contributed by atoms with E-state index in [2.05, 4.69) is 10.6 Å². The third-order valence-electron chi connectivity index (χ3n) is 3.49. The molecule has 146 valence electrons. The quantitative estimate of drug-likeness (QED) is 0.639. The van der Waals surface area contributed by atoms with Crippen LogP contribution < -0.4 is 15.4 Å². The van der Waals surface area contributed by atoms with Crippen LogP contribution in [0.25, 0.3) is 0 Å². The summed E-state index contributed by atoms with van der Waals surface area (Å²) < 4.78 is 49.0. The Bertz CT molecular complexity index is 751. The molecule has 0 aliphatic rings. The third kappa shape index (κ3) is 6.82. The maximum absolute atomic E-state index is 12.7. The number of rotatable bonds is 9. The summed E-state index contributed by atoms with van der Waals surface area (Å²) in [6.07, 6.45) is -4.46.